The van der Waals surface area contributed by atoms with Gasteiger partial charge in [-0.15, -0.1) is 11.6 Å². The minimum absolute atomic E-state index is 0.397. The minimum atomic E-state index is -0.944. The summed E-state index contributed by atoms with van der Waals surface area (Å²) < 4.78 is 17.1. The van der Waals surface area contributed by atoms with E-state index in [4.69, 9.17) is 11.6 Å². The highest BCUT2D eigenvalue weighted by atomic mass is 35.5. The molecule has 0 N–H and O–H groups in total. The number of esters is 1. The van der Waals surface area contributed by atoms with Gasteiger partial charge in [-0.25, -0.2) is 4.39 Å². The van der Waals surface area contributed by atoms with E-state index in [1.807, 2.05) is 0 Å². The molecule has 0 aliphatic carbocycles. The van der Waals surface area contributed by atoms with Crippen LogP contribution in [0, 0.1) is 5.82 Å². The molecular weight excluding hydrogens is 195 g/mol. The lowest BCUT2D eigenvalue weighted by Crippen LogP contribution is -2.08. The number of carbonyl (C=O) groups excluding carboxylic acids is 1. The Morgan fingerprint density at radius 1 is 1.62 bits per heavy atom. The lowest BCUT2D eigenvalue weighted by molar-refractivity contribution is -0.140. The van der Waals surface area contributed by atoms with Crippen LogP contribution in [0.1, 0.15) is 10.9 Å². The summed E-state index contributed by atoms with van der Waals surface area (Å²) in [5.74, 6) is -1.01. The molecule has 0 amide bonds. The maximum atomic E-state index is 12.7. The normalized spacial score (nSPS) is 12.2. The van der Waals surface area contributed by atoms with Gasteiger partial charge >= 0.3 is 5.97 Å². The zero-order valence-corrected chi connectivity index (χ0v) is 7.72. The largest absolute Gasteiger partial charge is 0.468 e. The average Bonchev–Trinajstić information content (AvgIpc) is 2.15. The van der Waals surface area contributed by atoms with E-state index in [9.17, 15) is 9.18 Å². The summed E-state index contributed by atoms with van der Waals surface area (Å²) in [6.45, 7) is 0. The molecule has 0 unspecified atom stereocenters. The number of halogens is 2. The maximum Gasteiger partial charge on any atom is 0.328 e. The van der Waals surface area contributed by atoms with Crippen molar-refractivity contribution in [3.63, 3.8) is 0 Å². The summed E-state index contributed by atoms with van der Waals surface area (Å²) in [7, 11) is 1.23. The monoisotopic (exact) mass is 202 g/mol. The molecule has 0 heterocycles. The summed E-state index contributed by atoms with van der Waals surface area (Å²) in [5.41, 5.74) is 0.397. The van der Waals surface area contributed by atoms with E-state index >= 15 is 0 Å². The number of ether oxygens (including phenoxy) is 1. The van der Waals surface area contributed by atoms with Crippen molar-refractivity contribution in [1.82, 2.24) is 0 Å². The van der Waals surface area contributed by atoms with Gasteiger partial charge < -0.3 is 4.74 Å². The van der Waals surface area contributed by atoms with E-state index in [0.29, 0.717) is 5.56 Å². The van der Waals surface area contributed by atoms with Crippen molar-refractivity contribution >= 4 is 17.6 Å². The molecule has 4 heteroatoms. The molecule has 0 aromatic heterocycles. The second-order valence-corrected chi connectivity index (χ2v) is 2.88. The van der Waals surface area contributed by atoms with Gasteiger partial charge in [-0.1, -0.05) is 12.1 Å². The van der Waals surface area contributed by atoms with Gasteiger partial charge in [0.25, 0.3) is 0 Å². The predicted octanol–water partition coefficient (Wildman–Crippen LogP) is 2.28. The Labute approximate surface area is 80.3 Å². The highest BCUT2D eigenvalue weighted by molar-refractivity contribution is 6.29. The van der Waals surface area contributed by atoms with Crippen LogP contribution in [0.25, 0.3) is 0 Å². The molecular formula is C9H8ClFO2. The first kappa shape index (κ1) is 9.99. The van der Waals surface area contributed by atoms with E-state index in [2.05, 4.69) is 4.74 Å². The van der Waals surface area contributed by atoms with Crippen LogP contribution in [0.5, 0.6) is 0 Å². The number of benzene rings is 1. The number of hydrogen-bond acceptors (Lipinski definition) is 2. The van der Waals surface area contributed by atoms with E-state index in [1.54, 1.807) is 6.07 Å². The number of rotatable bonds is 2. The van der Waals surface area contributed by atoms with Gasteiger partial charge in [-0.3, -0.25) is 4.79 Å². The van der Waals surface area contributed by atoms with Crippen molar-refractivity contribution in [2.45, 2.75) is 5.38 Å². The van der Waals surface area contributed by atoms with Crippen LogP contribution < -0.4 is 0 Å². The average molecular weight is 203 g/mol. The molecule has 13 heavy (non-hydrogen) atoms. The van der Waals surface area contributed by atoms with Crippen molar-refractivity contribution in [2.75, 3.05) is 7.11 Å². The molecule has 0 fully saturated rings. The first-order valence-electron chi connectivity index (χ1n) is 3.62. The fourth-order valence-electron chi connectivity index (χ4n) is 0.904. The smallest absolute Gasteiger partial charge is 0.328 e. The summed E-state index contributed by atoms with van der Waals surface area (Å²) in [6, 6.07) is 5.54. The standard InChI is InChI=1S/C9H8ClFO2/c1-13-9(12)8(10)6-3-2-4-7(11)5-6/h2-5,8H,1H3/t8-/m0/s1. The SMILES string of the molecule is COC(=O)[C@@H](Cl)c1cccc(F)c1. The fraction of sp³-hybridized carbons (Fsp3) is 0.222. The van der Waals surface area contributed by atoms with E-state index < -0.39 is 17.2 Å². The Hall–Kier alpha value is -1.09. The molecule has 1 aromatic carbocycles. The minimum Gasteiger partial charge on any atom is -0.468 e. The van der Waals surface area contributed by atoms with Gasteiger partial charge in [0, 0.05) is 0 Å². The summed E-state index contributed by atoms with van der Waals surface area (Å²) in [5, 5.41) is -0.944. The van der Waals surface area contributed by atoms with Crippen LogP contribution in [-0.2, 0) is 9.53 Å². The van der Waals surface area contributed by atoms with Crippen molar-refractivity contribution in [2.24, 2.45) is 0 Å². The Balaban J connectivity index is 2.88. The second kappa shape index (κ2) is 4.23. The second-order valence-electron chi connectivity index (χ2n) is 2.44. The van der Waals surface area contributed by atoms with Crippen LogP contribution in [-0.4, -0.2) is 13.1 Å². The van der Waals surface area contributed by atoms with Crippen LogP contribution >= 0.6 is 11.6 Å². The van der Waals surface area contributed by atoms with Crippen LogP contribution in [0.3, 0.4) is 0 Å². The highest BCUT2D eigenvalue weighted by Crippen LogP contribution is 2.21. The van der Waals surface area contributed by atoms with Crippen molar-refractivity contribution in [1.29, 1.82) is 0 Å². The quantitative estimate of drug-likeness (QED) is 0.543. The van der Waals surface area contributed by atoms with Gasteiger partial charge in [0.2, 0.25) is 0 Å². The Kier molecular flexibility index (Phi) is 3.25. The van der Waals surface area contributed by atoms with E-state index in [1.165, 1.54) is 25.3 Å². The molecule has 70 valence electrons. The molecule has 0 radical (unpaired) electrons. The lowest BCUT2D eigenvalue weighted by atomic mass is 10.1. The van der Waals surface area contributed by atoms with Gasteiger partial charge in [0.05, 0.1) is 7.11 Å². The predicted molar refractivity (Wildman–Crippen MR) is 47.0 cm³/mol. The van der Waals surface area contributed by atoms with Crippen LogP contribution in [0.2, 0.25) is 0 Å². The molecule has 0 saturated carbocycles. The van der Waals surface area contributed by atoms with Crippen LogP contribution in [0.4, 0.5) is 4.39 Å². The fourth-order valence-corrected chi connectivity index (χ4v) is 1.13. The summed E-state index contributed by atoms with van der Waals surface area (Å²) in [6.07, 6.45) is 0. The Morgan fingerprint density at radius 2 is 2.31 bits per heavy atom. The highest BCUT2D eigenvalue weighted by Gasteiger charge is 2.17. The van der Waals surface area contributed by atoms with Gasteiger partial charge in [0.1, 0.15) is 5.82 Å². The third kappa shape index (κ3) is 2.42. The lowest BCUT2D eigenvalue weighted by Gasteiger charge is -2.06. The third-order valence-electron chi connectivity index (χ3n) is 1.55. The van der Waals surface area contributed by atoms with Crippen molar-refractivity contribution < 1.29 is 13.9 Å². The number of hydrogen-bond donors (Lipinski definition) is 0. The van der Waals surface area contributed by atoms with Gasteiger partial charge in [-0.2, -0.15) is 0 Å². The van der Waals surface area contributed by atoms with E-state index in [0.717, 1.165) is 0 Å². The Bertz CT molecular complexity index is 314. The molecule has 1 aromatic rings. The van der Waals surface area contributed by atoms with Crippen molar-refractivity contribution in [3.8, 4) is 0 Å². The molecule has 0 spiro atoms. The zero-order chi connectivity index (χ0) is 9.84. The van der Waals surface area contributed by atoms with E-state index in [-0.39, 0.29) is 0 Å². The topological polar surface area (TPSA) is 26.3 Å². The molecule has 2 nitrogen and oxygen atoms in total. The van der Waals surface area contributed by atoms with Gasteiger partial charge in [0.15, 0.2) is 5.38 Å². The molecule has 1 rings (SSSR count). The first-order chi connectivity index (χ1) is 6.15. The molecule has 0 saturated heterocycles. The molecule has 1 atom stereocenters. The molecule has 0 bridgehead atoms. The zero-order valence-electron chi connectivity index (χ0n) is 6.96. The summed E-state index contributed by atoms with van der Waals surface area (Å²) in [4.78, 5) is 10.9. The number of carbonyl (C=O) groups is 1. The number of methoxy groups -OCH3 is 1. The first-order valence-corrected chi connectivity index (χ1v) is 4.06. The van der Waals surface area contributed by atoms with Crippen LogP contribution in [0.15, 0.2) is 24.3 Å². The molecule has 0 aliphatic rings. The Morgan fingerprint density at radius 3 is 2.85 bits per heavy atom. The van der Waals surface area contributed by atoms with Gasteiger partial charge in [-0.05, 0) is 17.7 Å². The summed E-state index contributed by atoms with van der Waals surface area (Å²) >= 11 is 5.69. The molecule has 0 aliphatic heterocycles. The maximum absolute atomic E-state index is 12.7. The number of alkyl halides is 1. The third-order valence-corrected chi connectivity index (χ3v) is 1.98. The van der Waals surface area contributed by atoms with Crippen molar-refractivity contribution in [3.05, 3.63) is 35.6 Å².